The molecule has 3 rings (SSSR count). The first-order chi connectivity index (χ1) is 13.1. The highest BCUT2D eigenvalue weighted by Crippen LogP contribution is 2.22. The van der Waals surface area contributed by atoms with Crippen LogP contribution in [0.2, 0.25) is 0 Å². The maximum atomic E-state index is 9.15. The summed E-state index contributed by atoms with van der Waals surface area (Å²) in [5.41, 5.74) is 1.32. The average Bonchev–Trinajstić information content (AvgIpc) is 2.71. The van der Waals surface area contributed by atoms with Gasteiger partial charge in [0.15, 0.2) is 0 Å². The first-order valence-corrected chi connectivity index (χ1v) is 9.91. The van der Waals surface area contributed by atoms with E-state index in [-0.39, 0.29) is 5.75 Å². The highest BCUT2D eigenvalue weighted by molar-refractivity contribution is 5.30. The predicted molar refractivity (Wildman–Crippen MR) is 113 cm³/mol. The van der Waals surface area contributed by atoms with Gasteiger partial charge in [-0.3, -0.25) is 0 Å². The maximum absolute atomic E-state index is 9.15. The number of aryl methyl sites for hydroxylation is 1. The Bertz CT molecular complexity index is 614. The zero-order chi connectivity index (χ0) is 19.9. The summed E-state index contributed by atoms with van der Waals surface area (Å²) in [5.74, 6) is 1.62. The minimum atomic E-state index is 0.236. The fourth-order valence-corrected chi connectivity index (χ4v) is 2.69. The van der Waals surface area contributed by atoms with Crippen molar-refractivity contribution in [3.8, 4) is 11.5 Å². The van der Waals surface area contributed by atoms with Crippen LogP contribution in [0.4, 0.5) is 0 Å². The molecule has 3 nitrogen and oxygen atoms in total. The van der Waals surface area contributed by atoms with Crippen molar-refractivity contribution in [3.05, 3.63) is 72.5 Å². The molecule has 3 heteroatoms. The summed E-state index contributed by atoms with van der Waals surface area (Å²) in [6.45, 7) is 10.3. The van der Waals surface area contributed by atoms with Crippen molar-refractivity contribution in [3.63, 3.8) is 0 Å². The lowest BCUT2D eigenvalue weighted by molar-refractivity contribution is 0.0661. The molecule has 0 saturated heterocycles. The van der Waals surface area contributed by atoms with Crippen molar-refractivity contribution >= 4 is 0 Å². The van der Waals surface area contributed by atoms with Crippen molar-refractivity contribution in [1.29, 1.82) is 0 Å². The Balaban J connectivity index is 0.000000338. The van der Waals surface area contributed by atoms with Gasteiger partial charge in [0, 0.05) is 0 Å². The minimum absolute atomic E-state index is 0.236. The molecule has 0 heterocycles. The highest BCUT2D eigenvalue weighted by atomic mass is 16.5. The van der Waals surface area contributed by atoms with E-state index < -0.39 is 0 Å². The molecular weight excluding hydrogens is 336 g/mol. The van der Waals surface area contributed by atoms with Crippen LogP contribution in [0, 0.1) is 6.92 Å². The average molecular weight is 371 g/mol. The van der Waals surface area contributed by atoms with Gasteiger partial charge in [-0.1, -0.05) is 62.7 Å². The van der Waals surface area contributed by atoms with Crippen LogP contribution in [0.1, 0.15) is 51.5 Å². The number of hydrogen-bond acceptors (Lipinski definition) is 3. The van der Waals surface area contributed by atoms with Gasteiger partial charge in [0.05, 0.1) is 6.10 Å². The number of benzene rings is 2. The normalized spacial score (nSPS) is 13.3. The lowest BCUT2D eigenvalue weighted by Gasteiger charge is -2.24. The summed E-state index contributed by atoms with van der Waals surface area (Å²) in [4.78, 5) is 0. The van der Waals surface area contributed by atoms with Gasteiger partial charge in [-0.2, -0.15) is 0 Å². The molecule has 0 spiro atoms. The second kappa shape index (κ2) is 13.7. The quantitative estimate of drug-likeness (QED) is 0.598. The number of phenols is 1. The lowest BCUT2D eigenvalue weighted by atomic mass is 9.98. The van der Waals surface area contributed by atoms with Crippen molar-refractivity contribution < 1.29 is 14.6 Å². The van der Waals surface area contributed by atoms with E-state index in [0.29, 0.717) is 24.2 Å². The molecule has 0 aliphatic heterocycles. The van der Waals surface area contributed by atoms with Gasteiger partial charge in [0.25, 0.3) is 0 Å². The summed E-state index contributed by atoms with van der Waals surface area (Å²) >= 11 is 0. The summed E-state index contributed by atoms with van der Waals surface area (Å²) in [6, 6.07) is 16.9. The second-order valence-electron chi connectivity index (χ2n) is 6.35. The van der Waals surface area contributed by atoms with Crippen molar-refractivity contribution in [2.45, 2.75) is 59.0 Å². The van der Waals surface area contributed by atoms with Gasteiger partial charge in [-0.05, 0) is 56.9 Å². The SMILES string of the molecule is C=C(COc1ccc(O)cc1)OC1CCCCC1.CC.Cc1ccccc1. The largest absolute Gasteiger partial charge is 0.508 e. The van der Waals surface area contributed by atoms with E-state index in [1.807, 2.05) is 32.0 Å². The number of phenolic OH excluding ortho intramolecular Hbond substituents is 1. The Kier molecular flexibility index (Phi) is 11.5. The van der Waals surface area contributed by atoms with Crippen LogP contribution < -0.4 is 4.74 Å². The van der Waals surface area contributed by atoms with Gasteiger partial charge >= 0.3 is 0 Å². The molecule has 1 fully saturated rings. The Morgan fingerprint density at radius 3 is 2.07 bits per heavy atom. The summed E-state index contributed by atoms with van der Waals surface area (Å²) in [6.07, 6.45) is 6.37. The molecule has 0 amide bonds. The summed E-state index contributed by atoms with van der Waals surface area (Å²) in [5, 5.41) is 9.15. The van der Waals surface area contributed by atoms with E-state index in [1.54, 1.807) is 24.3 Å². The standard InChI is InChI=1S/C15H20O3.C7H8.C2H6/c1-12(18-15-5-3-2-4-6-15)11-17-14-9-7-13(16)8-10-14;1-7-5-3-2-4-6-7;1-2/h7-10,15-16H,1-6,11H2;2-6H,1H3;1-2H3. The fraction of sp³-hybridized carbons (Fsp3) is 0.417. The third-order valence-corrected chi connectivity index (χ3v) is 4.06. The van der Waals surface area contributed by atoms with Crippen LogP contribution in [0.25, 0.3) is 0 Å². The van der Waals surface area contributed by atoms with Gasteiger partial charge in [0.1, 0.15) is 23.9 Å². The monoisotopic (exact) mass is 370 g/mol. The van der Waals surface area contributed by atoms with E-state index in [1.165, 1.54) is 24.8 Å². The van der Waals surface area contributed by atoms with E-state index in [4.69, 9.17) is 14.6 Å². The Morgan fingerprint density at radius 1 is 0.963 bits per heavy atom. The Morgan fingerprint density at radius 2 is 1.56 bits per heavy atom. The second-order valence-corrected chi connectivity index (χ2v) is 6.35. The van der Waals surface area contributed by atoms with Crippen LogP contribution in [0.3, 0.4) is 0 Å². The molecule has 2 aromatic rings. The molecule has 148 valence electrons. The molecule has 0 aromatic heterocycles. The van der Waals surface area contributed by atoms with Crippen LogP contribution in [-0.2, 0) is 4.74 Å². The van der Waals surface area contributed by atoms with E-state index in [9.17, 15) is 0 Å². The molecule has 0 unspecified atom stereocenters. The van der Waals surface area contributed by atoms with Crippen molar-refractivity contribution in [2.75, 3.05) is 6.61 Å². The van der Waals surface area contributed by atoms with Gasteiger partial charge in [0.2, 0.25) is 0 Å². The maximum Gasteiger partial charge on any atom is 0.145 e. The molecule has 2 aromatic carbocycles. The molecule has 0 atom stereocenters. The number of rotatable bonds is 5. The Labute approximate surface area is 164 Å². The zero-order valence-electron chi connectivity index (χ0n) is 17.0. The van der Waals surface area contributed by atoms with Gasteiger partial charge in [-0.15, -0.1) is 0 Å². The topological polar surface area (TPSA) is 38.7 Å². The Hall–Kier alpha value is -2.42. The van der Waals surface area contributed by atoms with Gasteiger partial charge in [-0.25, -0.2) is 0 Å². The van der Waals surface area contributed by atoms with E-state index >= 15 is 0 Å². The molecule has 0 bridgehead atoms. The lowest BCUT2D eigenvalue weighted by Crippen LogP contribution is -2.18. The smallest absolute Gasteiger partial charge is 0.145 e. The number of aromatic hydroxyl groups is 1. The fourth-order valence-electron chi connectivity index (χ4n) is 2.69. The summed E-state index contributed by atoms with van der Waals surface area (Å²) in [7, 11) is 0. The molecule has 1 aliphatic rings. The number of hydrogen-bond donors (Lipinski definition) is 1. The minimum Gasteiger partial charge on any atom is -0.508 e. The predicted octanol–water partition coefficient (Wildman–Crippen LogP) is 6.66. The first kappa shape index (κ1) is 22.6. The van der Waals surface area contributed by atoms with Crippen molar-refractivity contribution in [2.24, 2.45) is 0 Å². The molecule has 1 aliphatic carbocycles. The van der Waals surface area contributed by atoms with Crippen molar-refractivity contribution in [1.82, 2.24) is 0 Å². The summed E-state index contributed by atoms with van der Waals surface area (Å²) < 4.78 is 11.3. The molecular formula is C24H34O3. The van der Waals surface area contributed by atoms with Gasteiger partial charge < -0.3 is 14.6 Å². The van der Waals surface area contributed by atoms with Crippen LogP contribution >= 0.6 is 0 Å². The molecule has 1 saturated carbocycles. The van der Waals surface area contributed by atoms with Crippen LogP contribution in [0.5, 0.6) is 11.5 Å². The third kappa shape index (κ3) is 10.3. The van der Waals surface area contributed by atoms with Crippen LogP contribution in [-0.4, -0.2) is 17.8 Å². The van der Waals surface area contributed by atoms with E-state index in [0.717, 1.165) is 12.8 Å². The first-order valence-electron chi connectivity index (χ1n) is 9.91. The highest BCUT2D eigenvalue weighted by Gasteiger charge is 2.15. The molecule has 1 N–H and O–H groups in total. The molecule has 0 radical (unpaired) electrons. The van der Waals surface area contributed by atoms with E-state index in [2.05, 4.69) is 25.6 Å². The zero-order valence-corrected chi connectivity index (χ0v) is 17.0. The van der Waals surface area contributed by atoms with Crippen LogP contribution in [0.15, 0.2) is 66.9 Å². The third-order valence-electron chi connectivity index (χ3n) is 4.06. The number of ether oxygens (including phenoxy) is 2. The molecule has 27 heavy (non-hydrogen) atoms.